The Morgan fingerprint density at radius 3 is 2.44 bits per heavy atom. The highest BCUT2D eigenvalue weighted by Crippen LogP contribution is 2.53. The normalized spacial score (nSPS) is 18.5. The number of anilines is 1. The fourth-order valence-corrected chi connectivity index (χ4v) is 7.28. The first-order valence-corrected chi connectivity index (χ1v) is 16.1. The summed E-state index contributed by atoms with van der Waals surface area (Å²) in [5.74, 6) is -2.53. The van der Waals surface area contributed by atoms with E-state index in [2.05, 4.69) is 10.6 Å². The molecule has 0 spiro atoms. The second-order valence-electron chi connectivity index (χ2n) is 10.4. The molecule has 12 nitrogen and oxygen atoms in total. The molecule has 0 radical (unpaired) electrons. The van der Waals surface area contributed by atoms with Gasteiger partial charge in [0.2, 0.25) is 11.8 Å². The van der Waals surface area contributed by atoms with Crippen molar-refractivity contribution in [3.8, 4) is 0 Å². The summed E-state index contributed by atoms with van der Waals surface area (Å²) in [7, 11) is -4.11. The third-order valence-electron chi connectivity index (χ3n) is 7.51. The molecule has 13 heteroatoms. The van der Waals surface area contributed by atoms with Crippen LogP contribution in [-0.4, -0.2) is 72.4 Å². The second-order valence-corrected chi connectivity index (χ2v) is 12.5. The highest BCUT2D eigenvalue weighted by Gasteiger charge is 2.42. The van der Waals surface area contributed by atoms with Crippen LogP contribution in [0.4, 0.5) is 10.5 Å². The van der Waals surface area contributed by atoms with Crippen molar-refractivity contribution in [3.63, 3.8) is 0 Å². The fraction of sp³-hybridized carbons (Fsp3) is 0.679. The zero-order valence-corrected chi connectivity index (χ0v) is 24.9. The first-order chi connectivity index (χ1) is 19.7. The smallest absolute Gasteiger partial charge is 0.405 e. The molecule has 1 aliphatic heterocycles. The van der Waals surface area contributed by atoms with Crippen molar-refractivity contribution < 1.29 is 42.9 Å². The number of nitrogens with zero attached hydrogens (tertiary/aromatic N) is 1. The summed E-state index contributed by atoms with van der Waals surface area (Å²) in [5.41, 5.74) is 1.59. The average Bonchev–Trinajstić information content (AvgIpc) is 3.17. The molecule has 41 heavy (non-hydrogen) atoms. The van der Waals surface area contributed by atoms with Crippen molar-refractivity contribution in [3.05, 3.63) is 29.8 Å². The van der Waals surface area contributed by atoms with Crippen LogP contribution in [0.3, 0.4) is 0 Å². The Morgan fingerprint density at radius 2 is 1.78 bits per heavy atom. The van der Waals surface area contributed by atoms with Crippen LogP contribution in [0, 0.1) is 5.92 Å². The van der Waals surface area contributed by atoms with Crippen molar-refractivity contribution in [2.24, 2.45) is 5.92 Å². The molecule has 1 aliphatic carbocycles. The number of nitrogens with one attached hydrogen (secondary N) is 2. The van der Waals surface area contributed by atoms with E-state index < -0.39 is 37.5 Å². The molecule has 3 atom stereocenters. The maximum atomic E-state index is 13.5. The molecular weight excluding hydrogens is 553 g/mol. The number of ether oxygens (including phenoxy) is 1. The molecule has 1 aromatic carbocycles. The van der Waals surface area contributed by atoms with E-state index >= 15 is 0 Å². The van der Waals surface area contributed by atoms with Crippen LogP contribution in [0.5, 0.6) is 0 Å². The van der Waals surface area contributed by atoms with Gasteiger partial charge in [-0.05, 0) is 38.7 Å². The number of carbonyl (C=O) groups excluding carboxylic acids is 2. The van der Waals surface area contributed by atoms with E-state index in [4.69, 9.17) is 13.8 Å². The van der Waals surface area contributed by atoms with Crippen LogP contribution in [0.2, 0.25) is 0 Å². The largest absolute Gasteiger partial charge is 0.465 e. The predicted molar refractivity (Wildman–Crippen MR) is 153 cm³/mol. The summed E-state index contributed by atoms with van der Waals surface area (Å²) in [5, 5.41) is 25.6. The summed E-state index contributed by atoms with van der Waals surface area (Å²) < 4.78 is 29.8. The highest BCUT2D eigenvalue weighted by atomic mass is 31.2. The van der Waals surface area contributed by atoms with Gasteiger partial charge in [0.25, 0.3) is 0 Å². The Balaban J connectivity index is 1.81. The molecule has 0 bridgehead atoms. The molecule has 230 valence electrons. The quantitative estimate of drug-likeness (QED) is 0.232. The lowest BCUT2D eigenvalue weighted by atomic mass is 9.84. The molecule has 0 aromatic heterocycles. The Kier molecular flexibility index (Phi) is 13.1. The van der Waals surface area contributed by atoms with Gasteiger partial charge in [0.1, 0.15) is 6.04 Å². The van der Waals surface area contributed by atoms with Crippen molar-refractivity contribution in [2.45, 2.75) is 89.7 Å². The molecule has 2 aliphatic rings. The minimum atomic E-state index is -4.11. The van der Waals surface area contributed by atoms with Gasteiger partial charge >= 0.3 is 13.7 Å². The molecule has 1 heterocycles. The number of benzene rings is 1. The SMILES string of the molecule is CCOP(=O)(OCC)C(O)C(CCC(=O)N1CCOCc2ccccc21)NC(=O)C(CC1CCCCC1)NC(=O)O. The van der Waals surface area contributed by atoms with Gasteiger partial charge in [-0.25, -0.2) is 4.79 Å². The standard InChI is InChI=1S/C28H44N3O9P/c1-3-39-41(37,40-4-2)27(34)22(29-26(33)23(30-28(35)36)18-20-10-6-5-7-11-20)14-15-25(32)31-16-17-38-19-21-12-8-9-13-24(21)31/h8-9,12-13,20,22-23,27,30,34H,3-7,10-11,14-19H2,1-2H3,(H,29,33)(H,35,36). The molecule has 1 saturated carbocycles. The van der Waals surface area contributed by atoms with Gasteiger partial charge < -0.3 is 39.5 Å². The maximum Gasteiger partial charge on any atom is 0.405 e. The van der Waals surface area contributed by atoms with Crippen LogP contribution in [0.25, 0.3) is 0 Å². The van der Waals surface area contributed by atoms with Gasteiger partial charge in [-0.2, -0.15) is 0 Å². The number of rotatable bonds is 14. The zero-order valence-electron chi connectivity index (χ0n) is 24.0. The monoisotopic (exact) mass is 597 g/mol. The van der Waals surface area contributed by atoms with Crippen LogP contribution >= 0.6 is 7.60 Å². The van der Waals surface area contributed by atoms with Crippen molar-refractivity contribution in [2.75, 3.05) is 31.3 Å². The minimum absolute atomic E-state index is 0.0105. The number of carbonyl (C=O) groups is 3. The lowest BCUT2D eigenvalue weighted by Gasteiger charge is -2.32. The number of aliphatic hydroxyl groups is 1. The Hall–Kier alpha value is -2.50. The van der Waals surface area contributed by atoms with Gasteiger partial charge in [-0.3, -0.25) is 14.2 Å². The summed E-state index contributed by atoms with van der Waals surface area (Å²) in [6, 6.07) is 5.14. The van der Waals surface area contributed by atoms with Crippen LogP contribution in [0.15, 0.2) is 24.3 Å². The number of carboxylic acid groups (broad SMARTS) is 1. The van der Waals surface area contributed by atoms with Crippen molar-refractivity contribution in [1.29, 1.82) is 0 Å². The van der Waals surface area contributed by atoms with Gasteiger partial charge in [-0.15, -0.1) is 0 Å². The van der Waals surface area contributed by atoms with E-state index in [0.29, 0.717) is 26.2 Å². The molecular formula is C28H44N3O9P. The lowest BCUT2D eigenvalue weighted by Crippen LogP contribution is -2.53. The molecule has 1 aromatic rings. The van der Waals surface area contributed by atoms with Gasteiger partial charge in [0, 0.05) is 24.2 Å². The fourth-order valence-electron chi connectivity index (χ4n) is 5.51. The van der Waals surface area contributed by atoms with Gasteiger partial charge in [0.05, 0.1) is 32.5 Å². The van der Waals surface area contributed by atoms with Crippen LogP contribution in [-0.2, 0) is 34.5 Å². The van der Waals surface area contributed by atoms with Crippen LogP contribution < -0.4 is 15.5 Å². The first-order valence-electron chi connectivity index (χ1n) is 14.5. The van der Waals surface area contributed by atoms with Gasteiger partial charge in [-0.1, -0.05) is 50.3 Å². The van der Waals surface area contributed by atoms with Crippen LogP contribution in [0.1, 0.15) is 70.8 Å². The maximum absolute atomic E-state index is 13.5. The highest BCUT2D eigenvalue weighted by molar-refractivity contribution is 7.54. The topological polar surface area (TPSA) is 164 Å². The van der Waals surface area contributed by atoms with E-state index in [1.807, 2.05) is 24.3 Å². The predicted octanol–water partition coefficient (Wildman–Crippen LogP) is 4.01. The molecule has 3 amide bonds. The summed E-state index contributed by atoms with van der Waals surface area (Å²) in [4.78, 5) is 40.0. The van der Waals surface area contributed by atoms with E-state index in [9.17, 15) is 29.2 Å². The van der Waals surface area contributed by atoms with E-state index in [1.54, 1.807) is 18.7 Å². The molecule has 0 saturated heterocycles. The minimum Gasteiger partial charge on any atom is -0.465 e. The lowest BCUT2D eigenvalue weighted by molar-refractivity contribution is -0.125. The number of hydrogen-bond donors (Lipinski definition) is 4. The zero-order chi connectivity index (χ0) is 29.8. The molecule has 3 rings (SSSR count). The van der Waals surface area contributed by atoms with E-state index in [-0.39, 0.29) is 37.9 Å². The Bertz CT molecular complexity index is 1060. The average molecular weight is 598 g/mol. The van der Waals surface area contributed by atoms with Crippen molar-refractivity contribution >= 4 is 31.2 Å². The third-order valence-corrected chi connectivity index (χ3v) is 9.75. The molecule has 3 unspecified atom stereocenters. The summed E-state index contributed by atoms with van der Waals surface area (Å²) >= 11 is 0. The first kappa shape index (κ1) is 33.0. The number of para-hydroxylation sites is 1. The number of hydrogen-bond acceptors (Lipinski definition) is 8. The molecule has 4 N–H and O–H groups in total. The summed E-state index contributed by atoms with van der Waals surface area (Å²) in [6.45, 7) is 4.24. The van der Waals surface area contributed by atoms with Crippen molar-refractivity contribution in [1.82, 2.24) is 10.6 Å². The third kappa shape index (κ3) is 9.51. The summed E-state index contributed by atoms with van der Waals surface area (Å²) in [6.07, 6.45) is 3.72. The van der Waals surface area contributed by atoms with Gasteiger partial charge in [0.15, 0.2) is 5.85 Å². The molecule has 1 fully saturated rings. The number of fused-ring (bicyclic) bond motifs is 1. The Labute approximate surface area is 241 Å². The van der Waals surface area contributed by atoms with E-state index in [1.165, 1.54) is 0 Å². The Morgan fingerprint density at radius 1 is 1.10 bits per heavy atom. The number of aliphatic hydroxyl groups excluding tert-OH is 1. The second kappa shape index (κ2) is 16.2. The van der Waals surface area contributed by atoms with E-state index in [0.717, 1.165) is 43.4 Å². The number of amides is 3.